The average Bonchev–Trinajstić information content (AvgIpc) is 3.04. The highest BCUT2D eigenvalue weighted by molar-refractivity contribution is 5.81. The molecular formula is C13H18N4O. The Morgan fingerprint density at radius 3 is 2.67 bits per heavy atom. The third-order valence-electron chi connectivity index (χ3n) is 3.45. The lowest BCUT2D eigenvalue weighted by Gasteiger charge is -2.40. The normalized spacial score (nSPS) is 19.6. The second kappa shape index (κ2) is 4.23. The maximum absolute atomic E-state index is 11.6. The Morgan fingerprint density at radius 1 is 1.33 bits per heavy atom. The average molecular weight is 246 g/mol. The number of carbonyl (C=O) groups excluding carboxylic acids is 1. The molecule has 0 aromatic carbocycles. The molecule has 1 aliphatic heterocycles. The number of amides is 1. The van der Waals surface area contributed by atoms with Crippen molar-refractivity contribution in [2.24, 2.45) is 5.92 Å². The minimum atomic E-state index is 0.231. The number of aromatic nitrogens is 2. The molecule has 2 fully saturated rings. The lowest BCUT2D eigenvalue weighted by Crippen LogP contribution is -2.60. The molecule has 2 heterocycles. The Labute approximate surface area is 107 Å². The van der Waals surface area contributed by atoms with E-state index < -0.39 is 0 Å². The summed E-state index contributed by atoms with van der Waals surface area (Å²) in [6.07, 6.45) is 2.12. The van der Waals surface area contributed by atoms with Crippen molar-refractivity contribution in [3.05, 3.63) is 17.6 Å². The van der Waals surface area contributed by atoms with Crippen molar-refractivity contribution in [3.63, 3.8) is 0 Å². The molecule has 1 amide bonds. The molecule has 1 saturated carbocycles. The summed E-state index contributed by atoms with van der Waals surface area (Å²) in [4.78, 5) is 22.5. The standard InChI is InChI=1S/C13H18N4O/c1-8-5-12(15-9(2)14-8)17-6-11(7-17)16-13(18)10-3-4-10/h5,10-11H,3-4,6-7H2,1-2H3,(H,16,18). The van der Waals surface area contributed by atoms with E-state index in [9.17, 15) is 4.79 Å². The Kier molecular flexibility index (Phi) is 2.69. The number of aryl methyl sites for hydroxylation is 2. The number of hydrogen-bond donors (Lipinski definition) is 1. The molecule has 1 aromatic rings. The monoisotopic (exact) mass is 246 g/mol. The van der Waals surface area contributed by atoms with Crippen molar-refractivity contribution in [2.45, 2.75) is 32.7 Å². The van der Waals surface area contributed by atoms with E-state index in [0.29, 0.717) is 5.92 Å². The fourth-order valence-electron chi connectivity index (χ4n) is 2.28. The van der Waals surface area contributed by atoms with Crippen LogP contribution in [0.15, 0.2) is 6.07 Å². The first-order chi connectivity index (χ1) is 8.61. The summed E-state index contributed by atoms with van der Waals surface area (Å²) in [7, 11) is 0. The lowest BCUT2D eigenvalue weighted by molar-refractivity contribution is -0.123. The van der Waals surface area contributed by atoms with Gasteiger partial charge >= 0.3 is 0 Å². The molecule has 0 unspecified atom stereocenters. The van der Waals surface area contributed by atoms with Crippen LogP contribution in [0.2, 0.25) is 0 Å². The van der Waals surface area contributed by atoms with Crippen LogP contribution in [0.3, 0.4) is 0 Å². The molecule has 0 radical (unpaired) electrons. The first kappa shape index (κ1) is 11.4. The van der Waals surface area contributed by atoms with Gasteiger partial charge in [0.1, 0.15) is 11.6 Å². The highest BCUT2D eigenvalue weighted by Gasteiger charge is 2.35. The van der Waals surface area contributed by atoms with Gasteiger partial charge < -0.3 is 10.2 Å². The fourth-order valence-corrected chi connectivity index (χ4v) is 2.28. The number of rotatable bonds is 3. The predicted molar refractivity (Wildman–Crippen MR) is 68.4 cm³/mol. The Bertz CT molecular complexity index is 458. The first-order valence-electron chi connectivity index (χ1n) is 6.49. The van der Waals surface area contributed by atoms with Crippen LogP contribution in [0.25, 0.3) is 0 Å². The maximum atomic E-state index is 11.6. The van der Waals surface area contributed by atoms with E-state index >= 15 is 0 Å². The molecule has 0 atom stereocenters. The molecule has 18 heavy (non-hydrogen) atoms. The summed E-state index contributed by atoms with van der Waals surface area (Å²) in [5.41, 5.74) is 0.989. The van der Waals surface area contributed by atoms with Gasteiger partial charge in [0.05, 0.1) is 6.04 Å². The predicted octanol–water partition coefficient (Wildman–Crippen LogP) is 0.808. The molecule has 2 aliphatic rings. The largest absolute Gasteiger partial charge is 0.352 e. The molecule has 1 aliphatic carbocycles. The zero-order valence-corrected chi connectivity index (χ0v) is 10.8. The van der Waals surface area contributed by atoms with Gasteiger partial charge in [-0.25, -0.2) is 9.97 Å². The molecule has 1 saturated heterocycles. The number of nitrogens with zero attached hydrogens (tertiary/aromatic N) is 3. The molecule has 1 aromatic heterocycles. The summed E-state index contributed by atoms with van der Waals surface area (Å²) in [5.74, 6) is 2.30. The van der Waals surface area contributed by atoms with E-state index in [1.165, 1.54) is 0 Å². The molecular weight excluding hydrogens is 228 g/mol. The van der Waals surface area contributed by atoms with Crippen LogP contribution in [0.4, 0.5) is 5.82 Å². The van der Waals surface area contributed by atoms with Gasteiger partial charge in [0.15, 0.2) is 0 Å². The van der Waals surface area contributed by atoms with Crippen molar-refractivity contribution in [3.8, 4) is 0 Å². The Balaban J connectivity index is 1.56. The zero-order chi connectivity index (χ0) is 12.7. The van der Waals surface area contributed by atoms with Gasteiger partial charge in [-0.2, -0.15) is 0 Å². The number of nitrogens with one attached hydrogen (secondary N) is 1. The molecule has 0 bridgehead atoms. The van der Waals surface area contributed by atoms with Crippen LogP contribution in [0.1, 0.15) is 24.4 Å². The van der Waals surface area contributed by atoms with Crippen LogP contribution in [0, 0.1) is 19.8 Å². The number of anilines is 1. The van der Waals surface area contributed by atoms with E-state index in [0.717, 1.165) is 43.3 Å². The SMILES string of the molecule is Cc1cc(N2CC(NC(=O)C3CC3)C2)nc(C)n1. The van der Waals surface area contributed by atoms with Crippen LogP contribution in [0.5, 0.6) is 0 Å². The highest BCUT2D eigenvalue weighted by atomic mass is 16.2. The van der Waals surface area contributed by atoms with E-state index in [2.05, 4.69) is 20.2 Å². The lowest BCUT2D eigenvalue weighted by atomic mass is 10.1. The third kappa shape index (κ3) is 2.30. The summed E-state index contributed by atoms with van der Waals surface area (Å²) in [5, 5.41) is 3.08. The van der Waals surface area contributed by atoms with Gasteiger partial charge in [-0.05, 0) is 26.7 Å². The minimum Gasteiger partial charge on any atom is -0.352 e. The molecule has 5 nitrogen and oxygen atoms in total. The second-order valence-electron chi connectivity index (χ2n) is 5.30. The Morgan fingerprint density at radius 2 is 2.06 bits per heavy atom. The van der Waals surface area contributed by atoms with Crippen molar-refractivity contribution in [1.82, 2.24) is 15.3 Å². The van der Waals surface area contributed by atoms with Gasteiger partial charge in [0.25, 0.3) is 0 Å². The van der Waals surface area contributed by atoms with Gasteiger partial charge in [-0.1, -0.05) is 0 Å². The van der Waals surface area contributed by atoms with Crippen molar-refractivity contribution >= 4 is 11.7 Å². The molecule has 1 N–H and O–H groups in total. The quantitative estimate of drug-likeness (QED) is 0.857. The van der Waals surface area contributed by atoms with E-state index in [4.69, 9.17) is 0 Å². The number of carbonyl (C=O) groups is 1. The summed E-state index contributed by atoms with van der Waals surface area (Å²) < 4.78 is 0. The smallest absolute Gasteiger partial charge is 0.223 e. The maximum Gasteiger partial charge on any atom is 0.223 e. The van der Waals surface area contributed by atoms with Gasteiger partial charge in [-0.15, -0.1) is 0 Å². The van der Waals surface area contributed by atoms with Gasteiger partial charge in [-0.3, -0.25) is 4.79 Å². The summed E-state index contributed by atoms with van der Waals surface area (Å²) in [6.45, 7) is 5.59. The van der Waals surface area contributed by atoms with Crippen LogP contribution < -0.4 is 10.2 Å². The summed E-state index contributed by atoms with van der Waals surface area (Å²) in [6, 6.07) is 2.28. The van der Waals surface area contributed by atoms with Crippen LogP contribution >= 0.6 is 0 Å². The summed E-state index contributed by atoms with van der Waals surface area (Å²) >= 11 is 0. The zero-order valence-electron chi connectivity index (χ0n) is 10.8. The van der Waals surface area contributed by atoms with Gasteiger partial charge in [0.2, 0.25) is 5.91 Å². The van der Waals surface area contributed by atoms with E-state index in [1.54, 1.807) is 0 Å². The highest BCUT2D eigenvalue weighted by Crippen LogP contribution is 2.29. The first-order valence-corrected chi connectivity index (χ1v) is 6.49. The van der Waals surface area contributed by atoms with E-state index in [1.807, 2.05) is 19.9 Å². The van der Waals surface area contributed by atoms with Crippen molar-refractivity contribution in [2.75, 3.05) is 18.0 Å². The third-order valence-corrected chi connectivity index (χ3v) is 3.45. The minimum absolute atomic E-state index is 0.231. The molecule has 96 valence electrons. The fraction of sp³-hybridized carbons (Fsp3) is 0.615. The van der Waals surface area contributed by atoms with Crippen molar-refractivity contribution in [1.29, 1.82) is 0 Å². The molecule has 5 heteroatoms. The Hall–Kier alpha value is -1.65. The van der Waals surface area contributed by atoms with Crippen molar-refractivity contribution < 1.29 is 4.79 Å². The van der Waals surface area contributed by atoms with E-state index in [-0.39, 0.29) is 11.9 Å². The second-order valence-corrected chi connectivity index (χ2v) is 5.30. The topological polar surface area (TPSA) is 58.1 Å². The molecule has 0 spiro atoms. The molecule has 3 rings (SSSR count). The van der Waals surface area contributed by atoms with Crippen LogP contribution in [-0.4, -0.2) is 35.0 Å². The van der Waals surface area contributed by atoms with Crippen LogP contribution in [-0.2, 0) is 4.79 Å². The van der Waals surface area contributed by atoms with Gasteiger partial charge in [0, 0.05) is 30.8 Å². The number of hydrogen-bond acceptors (Lipinski definition) is 4.